The summed E-state index contributed by atoms with van der Waals surface area (Å²) < 4.78 is 63.5. The number of alkyl halides is 2. The van der Waals surface area contributed by atoms with Crippen molar-refractivity contribution in [2.75, 3.05) is 6.61 Å². The second kappa shape index (κ2) is 12.7. The van der Waals surface area contributed by atoms with Crippen LogP contribution in [0.15, 0.2) is 36.4 Å². The molecule has 0 amide bonds. The number of aryl methyl sites for hydroxylation is 1. The van der Waals surface area contributed by atoms with Gasteiger partial charge in [-0.05, 0) is 73.1 Å². The predicted molar refractivity (Wildman–Crippen MR) is 129 cm³/mol. The highest BCUT2D eigenvalue weighted by atomic mass is 19.3. The van der Waals surface area contributed by atoms with E-state index in [0.29, 0.717) is 5.92 Å². The molecule has 0 bridgehead atoms. The summed E-state index contributed by atoms with van der Waals surface area (Å²) >= 11 is 0. The SMILES string of the molecule is CCCCC[C@H]1CC[C@H](c2ccc(C(F)(F)OCCc3ccc(CCC)cc3)c(F)c2F)CC1. The first-order valence-electron chi connectivity index (χ1n) is 12.9. The molecule has 0 unspecified atom stereocenters. The van der Waals surface area contributed by atoms with Crippen molar-refractivity contribution in [2.45, 2.75) is 96.5 Å². The average Bonchev–Trinajstić information content (AvgIpc) is 2.82. The van der Waals surface area contributed by atoms with E-state index in [9.17, 15) is 17.6 Å². The first-order valence-corrected chi connectivity index (χ1v) is 12.9. The molecule has 2 aromatic rings. The van der Waals surface area contributed by atoms with Crippen molar-refractivity contribution >= 4 is 0 Å². The van der Waals surface area contributed by atoms with Crippen LogP contribution < -0.4 is 0 Å². The molecular formula is C29H38F4O. The molecule has 1 aliphatic rings. The van der Waals surface area contributed by atoms with Crippen LogP contribution in [0.3, 0.4) is 0 Å². The highest BCUT2D eigenvalue weighted by molar-refractivity contribution is 5.31. The minimum absolute atomic E-state index is 0.115. The highest BCUT2D eigenvalue weighted by Gasteiger charge is 2.38. The molecule has 188 valence electrons. The van der Waals surface area contributed by atoms with Gasteiger partial charge in [0, 0.05) is 0 Å². The molecule has 0 aliphatic heterocycles. The van der Waals surface area contributed by atoms with Crippen molar-refractivity contribution in [3.8, 4) is 0 Å². The third kappa shape index (κ3) is 7.07. The summed E-state index contributed by atoms with van der Waals surface area (Å²) in [5.41, 5.74) is 1.25. The zero-order chi connectivity index (χ0) is 24.6. The lowest BCUT2D eigenvalue weighted by Gasteiger charge is -2.29. The Balaban J connectivity index is 1.57. The minimum atomic E-state index is -3.89. The van der Waals surface area contributed by atoms with Crippen LogP contribution in [0, 0.1) is 17.6 Å². The largest absolute Gasteiger partial charge is 0.386 e. The topological polar surface area (TPSA) is 9.23 Å². The van der Waals surface area contributed by atoms with E-state index in [1.165, 1.54) is 37.3 Å². The number of hydrogen-bond donors (Lipinski definition) is 0. The summed E-state index contributed by atoms with van der Waals surface area (Å²) in [6.07, 6.45) is 6.71. The maximum atomic E-state index is 14.8. The van der Waals surface area contributed by atoms with Crippen molar-refractivity contribution in [3.05, 3.63) is 70.3 Å². The average molecular weight is 479 g/mol. The Kier molecular flexibility index (Phi) is 9.99. The summed E-state index contributed by atoms with van der Waals surface area (Å²) in [4.78, 5) is 0. The molecule has 0 atom stereocenters. The standard InChI is InChI=1S/C29H38F4O/c1-3-5-6-8-22-13-15-24(16-14-22)25-17-18-26(28(31)27(25)30)29(32,33)34-20-19-23-11-9-21(7-4-2)10-12-23/h9-12,17-18,22,24H,3-8,13-16,19-20H2,1-2H3/t22-,24-. The summed E-state index contributed by atoms with van der Waals surface area (Å²) in [6.45, 7) is 3.99. The molecule has 1 aliphatic carbocycles. The lowest BCUT2D eigenvalue weighted by molar-refractivity contribution is -0.249. The van der Waals surface area contributed by atoms with E-state index < -0.39 is 23.3 Å². The number of unbranched alkanes of at least 4 members (excludes halogenated alkanes) is 2. The van der Waals surface area contributed by atoms with E-state index in [4.69, 9.17) is 4.74 Å². The zero-order valence-electron chi connectivity index (χ0n) is 20.5. The highest BCUT2D eigenvalue weighted by Crippen LogP contribution is 2.41. The van der Waals surface area contributed by atoms with Crippen LogP contribution in [-0.2, 0) is 23.7 Å². The third-order valence-corrected chi connectivity index (χ3v) is 7.16. The maximum absolute atomic E-state index is 14.8. The fourth-order valence-electron chi connectivity index (χ4n) is 5.09. The van der Waals surface area contributed by atoms with Crippen LogP contribution in [0.5, 0.6) is 0 Å². The molecule has 0 spiro atoms. The first kappa shape index (κ1) is 26.7. The van der Waals surface area contributed by atoms with Crippen molar-refractivity contribution in [1.82, 2.24) is 0 Å². The van der Waals surface area contributed by atoms with Gasteiger partial charge in [-0.15, -0.1) is 0 Å². The van der Waals surface area contributed by atoms with Crippen molar-refractivity contribution in [2.24, 2.45) is 5.92 Å². The van der Waals surface area contributed by atoms with Gasteiger partial charge in [0.05, 0.1) is 12.2 Å². The van der Waals surface area contributed by atoms with E-state index in [-0.39, 0.29) is 24.5 Å². The molecule has 1 fully saturated rings. The van der Waals surface area contributed by atoms with Gasteiger partial charge in [-0.1, -0.05) is 76.3 Å². The van der Waals surface area contributed by atoms with Crippen LogP contribution in [-0.4, -0.2) is 6.61 Å². The van der Waals surface area contributed by atoms with Crippen LogP contribution >= 0.6 is 0 Å². The lowest BCUT2D eigenvalue weighted by atomic mass is 9.76. The molecular weight excluding hydrogens is 440 g/mol. The monoisotopic (exact) mass is 478 g/mol. The number of benzene rings is 2. The Labute approximate surface area is 201 Å². The van der Waals surface area contributed by atoms with E-state index in [1.54, 1.807) is 0 Å². The Bertz CT molecular complexity index is 886. The minimum Gasteiger partial charge on any atom is -0.316 e. The quantitative estimate of drug-likeness (QED) is 0.218. The van der Waals surface area contributed by atoms with Gasteiger partial charge in [0.1, 0.15) is 0 Å². The zero-order valence-corrected chi connectivity index (χ0v) is 20.5. The maximum Gasteiger partial charge on any atom is 0.386 e. The van der Waals surface area contributed by atoms with Crippen molar-refractivity contribution in [3.63, 3.8) is 0 Å². The number of halogens is 4. The number of ether oxygens (including phenoxy) is 1. The number of hydrogen-bond acceptors (Lipinski definition) is 1. The Morgan fingerprint density at radius 2 is 1.44 bits per heavy atom. The normalized spacial score (nSPS) is 18.9. The molecule has 2 aromatic carbocycles. The van der Waals surface area contributed by atoms with Crippen LogP contribution in [0.2, 0.25) is 0 Å². The molecule has 34 heavy (non-hydrogen) atoms. The van der Waals surface area contributed by atoms with Gasteiger partial charge in [-0.3, -0.25) is 0 Å². The van der Waals surface area contributed by atoms with Crippen LogP contribution in [0.25, 0.3) is 0 Å². The smallest absolute Gasteiger partial charge is 0.316 e. The van der Waals surface area contributed by atoms with Gasteiger partial charge in [0.25, 0.3) is 0 Å². The van der Waals surface area contributed by atoms with Crippen LogP contribution in [0.4, 0.5) is 17.6 Å². The first-order chi connectivity index (χ1) is 16.4. The fraction of sp³-hybridized carbons (Fsp3) is 0.586. The van der Waals surface area contributed by atoms with Gasteiger partial charge < -0.3 is 4.74 Å². The van der Waals surface area contributed by atoms with E-state index in [2.05, 4.69) is 13.8 Å². The molecule has 0 saturated heterocycles. The fourth-order valence-corrected chi connectivity index (χ4v) is 5.09. The Hall–Kier alpha value is -1.88. The van der Waals surface area contributed by atoms with Gasteiger partial charge in [-0.25, -0.2) is 8.78 Å². The lowest BCUT2D eigenvalue weighted by Crippen LogP contribution is -2.23. The third-order valence-electron chi connectivity index (χ3n) is 7.16. The molecule has 0 aromatic heterocycles. The summed E-state index contributed by atoms with van der Waals surface area (Å²) in [5, 5.41) is 0. The van der Waals surface area contributed by atoms with Gasteiger partial charge >= 0.3 is 6.11 Å². The molecule has 1 saturated carbocycles. The summed E-state index contributed by atoms with van der Waals surface area (Å²) in [7, 11) is 0. The second-order valence-electron chi connectivity index (χ2n) is 9.73. The summed E-state index contributed by atoms with van der Waals surface area (Å²) in [5.74, 6) is -2.12. The van der Waals surface area contributed by atoms with Crippen LogP contribution in [0.1, 0.15) is 99.8 Å². The molecule has 0 heterocycles. The Morgan fingerprint density at radius 1 is 0.794 bits per heavy atom. The number of rotatable bonds is 12. The van der Waals surface area contributed by atoms with E-state index in [0.717, 1.165) is 50.2 Å². The molecule has 5 heteroatoms. The van der Waals surface area contributed by atoms with Crippen molar-refractivity contribution < 1.29 is 22.3 Å². The molecule has 0 N–H and O–H groups in total. The molecule has 3 rings (SSSR count). The predicted octanol–water partition coefficient (Wildman–Crippen LogP) is 9.08. The summed E-state index contributed by atoms with van der Waals surface area (Å²) in [6, 6.07) is 10.1. The van der Waals surface area contributed by atoms with Gasteiger partial charge in [0.15, 0.2) is 11.6 Å². The molecule has 0 radical (unpaired) electrons. The molecule has 1 nitrogen and oxygen atoms in total. The Morgan fingerprint density at radius 3 is 2.06 bits per heavy atom. The van der Waals surface area contributed by atoms with Gasteiger partial charge in [-0.2, -0.15) is 8.78 Å². The van der Waals surface area contributed by atoms with E-state index >= 15 is 0 Å². The van der Waals surface area contributed by atoms with Gasteiger partial charge in [0.2, 0.25) is 0 Å². The van der Waals surface area contributed by atoms with Crippen molar-refractivity contribution in [1.29, 1.82) is 0 Å². The second-order valence-corrected chi connectivity index (χ2v) is 9.73. The van der Waals surface area contributed by atoms with E-state index in [1.807, 2.05) is 24.3 Å².